The molecule has 0 amide bonds. The lowest BCUT2D eigenvalue weighted by molar-refractivity contribution is -0.384. The smallest absolute Gasteiger partial charge is 0.294 e. The molecule has 1 aromatic heterocycles. The van der Waals surface area contributed by atoms with E-state index in [1.54, 1.807) is 18.2 Å². The van der Waals surface area contributed by atoms with E-state index in [4.69, 9.17) is 0 Å². The number of rotatable bonds is 5. The van der Waals surface area contributed by atoms with Crippen molar-refractivity contribution in [3.63, 3.8) is 0 Å². The van der Waals surface area contributed by atoms with Crippen molar-refractivity contribution in [1.29, 1.82) is 0 Å². The van der Waals surface area contributed by atoms with Gasteiger partial charge in [-0.05, 0) is 26.3 Å². The maximum atomic E-state index is 11.1. The third-order valence-electron chi connectivity index (χ3n) is 3.36. The summed E-state index contributed by atoms with van der Waals surface area (Å²) < 4.78 is 2.16. The van der Waals surface area contributed by atoms with Crippen molar-refractivity contribution in [2.45, 2.75) is 39.7 Å². The van der Waals surface area contributed by atoms with Crippen LogP contribution in [0.25, 0.3) is 0 Å². The topological polar surface area (TPSA) is 60.4 Å². The molecule has 1 atom stereocenters. The zero-order chi connectivity index (χ0) is 15.4. The van der Waals surface area contributed by atoms with Gasteiger partial charge in [0.15, 0.2) is 4.80 Å². The van der Waals surface area contributed by atoms with Gasteiger partial charge in [-0.25, -0.2) is 4.99 Å². The summed E-state index contributed by atoms with van der Waals surface area (Å²) >= 11 is 1.52. The van der Waals surface area contributed by atoms with Crippen LogP contribution in [0.4, 0.5) is 11.4 Å². The molecule has 0 saturated carbocycles. The summed E-state index contributed by atoms with van der Waals surface area (Å²) in [5.41, 5.74) is 1.58. The maximum Gasteiger partial charge on any atom is 0.294 e. The van der Waals surface area contributed by atoms with E-state index in [2.05, 4.69) is 23.4 Å². The fourth-order valence-corrected chi connectivity index (χ4v) is 3.36. The van der Waals surface area contributed by atoms with Crippen LogP contribution < -0.4 is 4.80 Å². The lowest BCUT2D eigenvalue weighted by atomic mass is 10.2. The molecule has 112 valence electrons. The van der Waals surface area contributed by atoms with Crippen molar-refractivity contribution in [1.82, 2.24) is 4.57 Å². The number of thiazole rings is 1. The molecule has 0 aliphatic rings. The van der Waals surface area contributed by atoms with Crippen LogP contribution >= 0.6 is 11.3 Å². The van der Waals surface area contributed by atoms with Crippen LogP contribution in [0.1, 0.15) is 38.4 Å². The van der Waals surface area contributed by atoms with Crippen molar-refractivity contribution in [3.05, 3.63) is 50.3 Å². The number of nitro groups is 1. The molecule has 1 unspecified atom stereocenters. The van der Waals surface area contributed by atoms with Crippen LogP contribution in [0.15, 0.2) is 34.6 Å². The Morgan fingerprint density at radius 1 is 1.43 bits per heavy atom. The molecule has 0 bridgehead atoms. The van der Waals surface area contributed by atoms with E-state index in [1.165, 1.54) is 17.4 Å². The third-order valence-corrected chi connectivity index (χ3v) is 4.32. The first-order valence-corrected chi connectivity index (χ1v) is 7.87. The molecule has 1 aromatic carbocycles. The van der Waals surface area contributed by atoms with E-state index in [1.807, 2.05) is 12.3 Å². The summed E-state index contributed by atoms with van der Waals surface area (Å²) in [5.74, 6) is 0. The monoisotopic (exact) mass is 305 g/mol. The first kappa shape index (κ1) is 15.4. The van der Waals surface area contributed by atoms with E-state index >= 15 is 0 Å². The van der Waals surface area contributed by atoms with Crippen LogP contribution in [0.2, 0.25) is 0 Å². The highest BCUT2D eigenvalue weighted by Crippen LogP contribution is 2.26. The predicted octanol–water partition coefficient (Wildman–Crippen LogP) is 4.36. The van der Waals surface area contributed by atoms with Gasteiger partial charge in [-0.2, -0.15) is 0 Å². The summed E-state index contributed by atoms with van der Waals surface area (Å²) in [6.45, 7) is 6.35. The molecule has 0 radical (unpaired) electrons. The Balaban J connectivity index is 2.55. The largest absolute Gasteiger partial charge is 0.318 e. The van der Waals surface area contributed by atoms with Crippen LogP contribution in [0.3, 0.4) is 0 Å². The van der Waals surface area contributed by atoms with Gasteiger partial charge in [-0.15, -0.1) is 11.3 Å². The fourth-order valence-electron chi connectivity index (χ4n) is 2.38. The van der Waals surface area contributed by atoms with Crippen molar-refractivity contribution in [2.24, 2.45) is 4.99 Å². The molecule has 5 nitrogen and oxygen atoms in total. The fraction of sp³-hybridized carbons (Fsp3) is 0.400. The molecule has 0 N–H and O–H groups in total. The Hall–Kier alpha value is -1.95. The average Bonchev–Trinajstić information content (AvgIpc) is 2.80. The van der Waals surface area contributed by atoms with E-state index in [0.29, 0.717) is 11.7 Å². The number of hydrogen-bond donors (Lipinski definition) is 0. The zero-order valence-corrected chi connectivity index (χ0v) is 13.3. The number of nitrogens with zero attached hydrogens (tertiary/aromatic N) is 3. The number of para-hydroxylation sites is 2. The van der Waals surface area contributed by atoms with E-state index in [-0.39, 0.29) is 10.6 Å². The van der Waals surface area contributed by atoms with Gasteiger partial charge < -0.3 is 4.57 Å². The van der Waals surface area contributed by atoms with E-state index in [9.17, 15) is 10.1 Å². The number of benzene rings is 1. The van der Waals surface area contributed by atoms with E-state index in [0.717, 1.165) is 23.3 Å². The molecular weight excluding hydrogens is 286 g/mol. The molecule has 0 fully saturated rings. The Morgan fingerprint density at radius 3 is 2.81 bits per heavy atom. The zero-order valence-electron chi connectivity index (χ0n) is 12.4. The quantitative estimate of drug-likeness (QED) is 0.608. The van der Waals surface area contributed by atoms with Crippen molar-refractivity contribution >= 4 is 22.7 Å². The Morgan fingerprint density at radius 2 is 2.14 bits per heavy atom. The molecule has 21 heavy (non-hydrogen) atoms. The molecule has 0 aliphatic heterocycles. The van der Waals surface area contributed by atoms with Crippen molar-refractivity contribution in [2.75, 3.05) is 0 Å². The Kier molecular flexibility index (Phi) is 4.90. The second-order valence-electron chi connectivity index (χ2n) is 5.02. The number of aromatic nitrogens is 1. The first-order valence-electron chi connectivity index (χ1n) is 6.99. The highest BCUT2D eigenvalue weighted by atomic mass is 32.1. The van der Waals surface area contributed by atoms with Crippen LogP contribution in [0.5, 0.6) is 0 Å². The van der Waals surface area contributed by atoms with Gasteiger partial charge in [0, 0.05) is 23.2 Å². The van der Waals surface area contributed by atoms with Crippen molar-refractivity contribution < 1.29 is 4.92 Å². The maximum absolute atomic E-state index is 11.1. The van der Waals surface area contributed by atoms with Crippen molar-refractivity contribution in [3.8, 4) is 0 Å². The highest BCUT2D eigenvalue weighted by molar-refractivity contribution is 7.07. The molecule has 2 aromatic rings. The van der Waals surface area contributed by atoms with Gasteiger partial charge in [0.05, 0.1) is 4.92 Å². The first-order chi connectivity index (χ1) is 10.0. The molecule has 0 saturated heterocycles. The lowest BCUT2D eigenvalue weighted by Gasteiger charge is -2.14. The number of nitro benzene ring substituents is 1. The molecule has 0 aliphatic carbocycles. The number of aryl methyl sites for hydroxylation is 1. The highest BCUT2D eigenvalue weighted by Gasteiger charge is 2.13. The molecule has 2 rings (SSSR count). The van der Waals surface area contributed by atoms with Crippen LogP contribution in [-0.4, -0.2) is 9.49 Å². The van der Waals surface area contributed by atoms with Gasteiger partial charge in [-0.1, -0.05) is 25.5 Å². The minimum atomic E-state index is -0.390. The summed E-state index contributed by atoms with van der Waals surface area (Å²) in [6.07, 6.45) is 2.15. The molecule has 0 spiro atoms. The predicted molar refractivity (Wildman–Crippen MR) is 85.0 cm³/mol. The average molecular weight is 305 g/mol. The standard InChI is InChI=1S/C15H19N3O2S/c1-4-7-11(2)17-12(3)10-21-15(17)16-13-8-5-6-9-14(13)18(19)20/h5-6,8-11H,4,7H2,1-3H3. The third kappa shape index (κ3) is 3.39. The van der Waals surface area contributed by atoms with Gasteiger partial charge >= 0.3 is 0 Å². The van der Waals surface area contributed by atoms with Crippen LogP contribution in [0, 0.1) is 17.0 Å². The lowest BCUT2D eigenvalue weighted by Crippen LogP contribution is -2.20. The van der Waals surface area contributed by atoms with E-state index < -0.39 is 0 Å². The number of hydrogen-bond acceptors (Lipinski definition) is 4. The van der Waals surface area contributed by atoms with Gasteiger partial charge in [-0.3, -0.25) is 10.1 Å². The summed E-state index contributed by atoms with van der Waals surface area (Å²) in [7, 11) is 0. The Bertz CT molecular complexity index is 703. The minimum Gasteiger partial charge on any atom is -0.318 e. The summed E-state index contributed by atoms with van der Waals surface area (Å²) in [5, 5.41) is 13.1. The molecule has 6 heteroatoms. The van der Waals surface area contributed by atoms with Gasteiger partial charge in [0.25, 0.3) is 5.69 Å². The normalized spacial score (nSPS) is 13.4. The van der Waals surface area contributed by atoms with Gasteiger partial charge in [0.2, 0.25) is 0 Å². The summed E-state index contributed by atoms with van der Waals surface area (Å²) in [6, 6.07) is 6.93. The molecular formula is C15H19N3O2S. The second-order valence-corrected chi connectivity index (χ2v) is 5.86. The Labute approximate surface area is 127 Å². The SMILES string of the molecule is CCCC(C)n1c(C)csc1=Nc1ccccc1[N+](=O)[O-]. The van der Waals surface area contributed by atoms with Crippen LogP contribution in [-0.2, 0) is 0 Å². The summed E-state index contributed by atoms with van der Waals surface area (Å²) in [4.78, 5) is 16.0. The van der Waals surface area contributed by atoms with Gasteiger partial charge in [0.1, 0.15) is 5.69 Å². The second kappa shape index (κ2) is 6.67. The molecule has 1 heterocycles. The minimum absolute atomic E-state index is 0.0400.